The first-order valence-corrected chi connectivity index (χ1v) is 8.78. The summed E-state index contributed by atoms with van der Waals surface area (Å²) >= 11 is 0. The summed E-state index contributed by atoms with van der Waals surface area (Å²) in [4.78, 5) is 27.0. The van der Waals surface area contributed by atoms with Gasteiger partial charge in [0.15, 0.2) is 0 Å². The van der Waals surface area contributed by atoms with Gasteiger partial charge in [-0.2, -0.15) is 0 Å². The van der Waals surface area contributed by atoms with Gasteiger partial charge in [0.05, 0.1) is 0 Å². The molecule has 2 rings (SSSR count). The van der Waals surface area contributed by atoms with Gasteiger partial charge in [-0.1, -0.05) is 30.3 Å². The molecule has 0 spiro atoms. The van der Waals surface area contributed by atoms with Crippen molar-refractivity contribution in [2.75, 3.05) is 24.3 Å². The van der Waals surface area contributed by atoms with E-state index in [1.54, 1.807) is 32.9 Å². The summed E-state index contributed by atoms with van der Waals surface area (Å²) in [6.07, 6.45) is -0.644. The molecule has 6 heteroatoms. The Hall–Kier alpha value is -3.02. The van der Waals surface area contributed by atoms with Gasteiger partial charge < -0.3 is 20.3 Å². The highest BCUT2D eigenvalue weighted by Crippen LogP contribution is 2.20. The zero-order valence-electron chi connectivity index (χ0n) is 16.4. The van der Waals surface area contributed by atoms with Crippen LogP contribution in [0.2, 0.25) is 0 Å². The molecule has 2 aromatic carbocycles. The standard InChI is InChI=1S/C21H27N3O3/c1-21(2,3)27-20(26)23-18(15-9-7-6-8-10-15)19(25)22-16-11-13-17(14-12-16)24(4)5/h6-14,18H,1-5H3,(H,22,25)(H,23,26). The highest BCUT2D eigenvalue weighted by atomic mass is 16.6. The number of carbonyl (C=O) groups excluding carboxylic acids is 2. The number of hydrogen-bond acceptors (Lipinski definition) is 4. The zero-order chi connectivity index (χ0) is 20.0. The summed E-state index contributed by atoms with van der Waals surface area (Å²) in [5.41, 5.74) is 1.70. The van der Waals surface area contributed by atoms with Crippen LogP contribution in [-0.4, -0.2) is 31.7 Å². The van der Waals surface area contributed by atoms with E-state index in [1.165, 1.54) is 0 Å². The molecule has 0 bridgehead atoms. The highest BCUT2D eigenvalue weighted by Gasteiger charge is 2.25. The normalized spacial score (nSPS) is 12.0. The van der Waals surface area contributed by atoms with E-state index >= 15 is 0 Å². The average Bonchev–Trinajstić information content (AvgIpc) is 2.59. The van der Waals surface area contributed by atoms with Crippen molar-refractivity contribution < 1.29 is 14.3 Å². The second-order valence-electron chi connectivity index (χ2n) is 7.42. The fourth-order valence-corrected chi connectivity index (χ4v) is 2.43. The molecule has 27 heavy (non-hydrogen) atoms. The molecule has 0 aliphatic heterocycles. The largest absolute Gasteiger partial charge is 0.444 e. The maximum Gasteiger partial charge on any atom is 0.408 e. The van der Waals surface area contributed by atoms with Crippen molar-refractivity contribution in [1.29, 1.82) is 0 Å². The zero-order valence-corrected chi connectivity index (χ0v) is 16.4. The Morgan fingerprint density at radius 1 is 0.963 bits per heavy atom. The minimum atomic E-state index is -0.866. The lowest BCUT2D eigenvalue weighted by Gasteiger charge is -2.23. The van der Waals surface area contributed by atoms with Crippen LogP contribution in [0.25, 0.3) is 0 Å². The topological polar surface area (TPSA) is 70.7 Å². The van der Waals surface area contributed by atoms with Crippen molar-refractivity contribution in [3.8, 4) is 0 Å². The maximum absolute atomic E-state index is 12.8. The van der Waals surface area contributed by atoms with Crippen LogP contribution in [0.4, 0.5) is 16.2 Å². The molecule has 6 nitrogen and oxygen atoms in total. The number of rotatable bonds is 5. The molecule has 0 aliphatic carbocycles. The number of benzene rings is 2. The summed E-state index contributed by atoms with van der Waals surface area (Å²) in [7, 11) is 3.90. The highest BCUT2D eigenvalue weighted by molar-refractivity contribution is 5.97. The van der Waals surface area contributed by atoms with Crippen LogP contribution in [0.15, 0.2) is 54.6 Å². The molecule has 2 N–H and O–H groups in total. The van der Waals surface area contributed by atoms with Crippen LogP contribution >= 0.6 is 0 Å². The van der Waals surface area contributed by atoms with Gasteiger partial charge in [0.1, 0.15) is 11.6 Å². The van der Waals surface area contributed by atoms with Crippen molar-refractivity contribution in [2.45, 2.75) is 32.4 Å². The van der Waals surface area contributed by atoms with Crippen molar-refractivity contribution in [3.05, 3.63) is 60.2 Å². The Kier molecular flexibility index (Phi) is 6.45. The Morgan fingerprint density at radius 3 is 2.07 bits per heavy atom. The lowest BCUT2D eigenvalue weighted by atomic mass is 10.1. The number of ether oxygens (including phenoxy) is 1. The molecule has 144 valence electrons. The summed E-state index contributed by atoms with van der Waals surface area (Å²) in [6, 6.07) is 15.7. The minimum absolute atomic E-state index is 0.343. The van der Waals surface area contributed by atoms with Crippen molar-refractivity contribution in [2.24, 2.45) is 0 Å². The quantitative estimate of drug-likeness (QED) is 0.837. The fraction of sp³-hybridized carbons (Fsp3) is 0.333. The van der Waals surface area contributed by atoms with Gasteiger partial charge in [-0.25, -0.2) is 4.79 Å². The molecule has 0 saturated carbocycles. The number of nitrogens with zero attached hydrogens (tertiary/aromatic N) is 1. The van der Waals surface area contributed by atoms with Crippen molar-refractivity contribution in [1.82, 2.24) is 5.32 Å². The van der Waals surface area contributed by atoms with E-state index < -0.39 is 17.7 Å². The molecule has 0 aromatic heterocycles. The van der Waals surface area contributed by atoms with Gasteiger partial charge in [0, 0.05) is 25.5 Å². The summed E-state index contributed by atoms with van der Waals surface area (Å²) in [6.45, 7) is 5.32. The predicted molar refractivity (Wildman–Crippen MR) is 108 cm³/mol. The molecule has 1 unspecified atom stereocenters. The summed E-state index contributed by atoms with van der Waals surface area (Å²) < 4.78 is 5.30. The Balaban J connectivity index is 2.17. The van der Waals surface area contributed by atoms with Gasteiger partial charge in [0.25, 0.3) is 5.91 Å². The van der Waals surface area contributed by atoms with E-state index in [0.717, 1.165) is 5.69 Å². The fourth-order valence-electron chi connectivity index (χ4n) is 2.43. The number of carbonyl (C=O) groups is 2. The molecule has 0 saturated heterocycles. The van der Waals surface area contributed by atoms with E-state index in [9.17, 15) is 9.59 Å². The summed E-state index contributed by atoms with van der Waals surface area (Å²) in [5.74, 6) is -0.343. The van der Waals surface area contributed by atoms with Crippen LogP contribution < -0.4 is 15.5 Å². The van der Waals surface area contributed by atoms with Crippen molar-refractivity contribution in [3.63, 3.8) is 0 Å². The third kappa shape index (κ3) is 6.33. The van der Waals surface area contributed by atoms with Crippen LogP contribution in [0, 0.1) is 0 Å². The number of amides is 2. The van der Waals surface area contributed by atoms with E-state index in [2.05, 4.69) is 10.6 Å². The van der Waals surface area contributed by atoms with Gasteiger partial charge >= 0.3 is 6.09 Å². The van der Waals surface area contributed by atoms with Gasteiger partial charge in [-0.3, -0.25) is 4.79 Å². The molecule has 0 radical (unpaired) electrons. The second kappa shape index (κ2) is 8.58. The van der Waals surface area contributed by atoms with E-state index in [0.29, 0.717) is 11.3 Å². The third-order valence-corrected chi connectivity index (χ3v) is 3.71. The molecular weight excluding hydrogens is 342 g/mol. The van der Waals surface area contributed by atoms with Gasteiger partial charge in [-0.05, 0) is 50.6 Å². The molecule has 2 amide bonds. The Morgan fingerprint density at radius 2 is 1.56 bits per heavy atom. The second-order valence-corrected chi connectivity index (χ2v) is 7.42. The first-order valence-electron chi connectivity index (χ1n) is 8.78. The van der Waals surface area contributed by atoms with Crippen LogP contribution in [0.3, 0.4) is 0 Å². The molecular formula is C21H27N3O3. The number of alkyl carbamates (subject to hydrolysis) is 1. The lowest BCUT2D eigenvalue weighted by molar-refractivity contribution is -0.118. The third-order valence-electron chi connectivity index (χ3n) is 3.71. The van der Waals surface area contributed by atoms with Crippen molar-refractivity contribution >= 4 is 23.4 Å². The Labute approximate surface area is 160 Å². The maximum atomic E-state index is 12.8. The van der Waals surface area contributed by atoms with Crippen LogP contribution in [0.1, 0.15) is 32.4 Å². The van der Waals surface area contributed by atoms with Crippen LogP contribution in [-0.2, 0) is 9.53 Å². The molecule has 0 aliphatic rings. The molecule has 0 heterocycles. The summed E-state index contributed by atoms with van der Waals surface area (Å²) in [5, 5.41) is 5.51. The average molecular weight is 369 g/mol. The first-order chi connectivity index (χ1) is 12.7. The minimum Gasteiger partial charge on any atom is -0.444 e. The molecule has 1 atom stereocenters. The van der Waals surface area contributed by atoms with E-state index in [4.69, 9.17) is 4.74 Å². The molecule has 0 fully saturated rings. The molecule has 2 aromatic rings. The number of anilines is 2. The van der Waals surface area contributed by atoms with E-state index in [-0.39, 0.29) is 5.91 Å². The van der Waals surface area contributed by atoms with Gasteiger partial charge in [-0.15, -0.1) is 0 Å². The first kappa shape index (κ1) is 20.3. The smallest absolute Gasteiger partial charge is 0.408 e. The SMILES string of the molecule is CN(C)c1ccc(NC(=O)C(NC(=O)OC(C)(C)C)c2ccccc2)cc1. The monoisotopic (exact) mass is 369 g/mol. The lowest BCUT2D eigenvalue weighted by Crippen LogP contribution is -2.40. The Bertz CT molecular complexity index is 766. The number of hydrogen-bond donors (Lipinski definition) is 2. The van der Waals surface area contributed by atoms with E-state index in [1.807, 2.05) is 61.5 Å². The van der Waals surface area contributed by atoms with Crippen LogP contribution in [0.5, 0.6) is 0 Å². The number of nitrogens with one attached hydrogen (secondary N) is 2. The predicted octanol–water partition coefficient (Wildman–Crippen LogP) is 3.96. The van der Waals surface area contributed by atoms with Gasteiger partial charge in [0.2, 0.25) is 0 Å².